The first-order valence-electron chi connectivity index (χ1n) is 6.96. The van der Waals surface area contributed by atoms with Gasteiger partial charge < -0.3 is 10.1 Å². The number of nitrogens with one attached hydrogen (secondary N) is 1. The molecule has 0 spiro atoms. The second-order valence-corrected chi connectivity index (χ2v) is 4.78. The summed E-state index contributed by atoms with van der Waals surface area (Å²) in [7, 11) is 0. The van der Waals surface area contributed by atoms with E-state index in [9.17, 15) is 18.0 Å². The summed E-state index contributed by atoms with van der Waals surface area (Å²) in [5, 5.41) is 1.75. The first kappa shape index (κ1) is 17.3. The van der Waals surface area contributed by atoms with E-state index in [4.69, 9.17) is 4.74 Å². The van der Waals surface area contributed by atoms with E-state index in [0.717, 1.165) is 19.3 Å². The van der Waals surface area contributed by atoms with Crippen molar-refractivity contribution < 1.29 is 22.7 Å². The van der Waals surface area contributed by atoms with Crippen LogP contribution in [0.1, 0.15) is 31.7 Å². The van der Waals surface area contributed by atoms with Gasteiger partial charge in [-0.05, 0) is 30.5 Å². The van der Waals surface area contributed by atoms with Crippen molar-refractivity contribution in [2.45, 2.75) is 38.8 Å². The number of rotatable bonds is 8. The summed E-state index contributed by atoms with van der Waals surface area (Å²) >= 11 is 0. The lowest BCUT2D eigenvalue weighted by molar-refractivity contribution is -0.139. The predicted molar refractivity (Wildman–Crippen MR) is 74.2 cm³/mol. The third kappa shape index (κ3) is 8.22. The van der Waals surface area contributed by atoms with E-state index in [1.807, 2.05) is 12.1 Å². The smallest absolute Gasteiger partial charge is 0.405 e. The van der Waals surface area contributed by atoms with Crippen molar-refractivity contribution in [3.63, 3.8) is 0 Å². The lowest BCUT2D eigenvalue weighted by Crippen LogP contribution is -2.36. The molecule has 118 valence electrons. The number of unbranched alkanes of at least 4 members (excludes halogenated alkanes) is 2. The first-order valence-corrected chi connectivity index (χ1v) is 6.96. The minimum atomic E-state index is -4.41. The highest BCUT2D eigenvalue weighted by Gasteiger charge is 2.27. The molecule has 1 N–H and O–H groups in total. The number of hydrogen-bond acceptors (Lipinski definition) is 2. The molecule has 0 radical (unpaired) electrons. The van der Waals surface area contributed by atoms with Crippen molar-refractivity contribution in [3.05, 3.63) is 29.8 Å². The molecule has 0 aliphatic carbocycles. The van der Waals surface area contributed by atoms with Gasteiger partial charge in [-0.1, -0.05) is 31.9 Å². The zero-order valence-corrected chi connectivity index (χ0v) is 12.0. The predicted octanol–water partition coefficient (Wildman–Crippen LogP) is 3.48. The molecule has 0 heterocycles. The molecule has 0 bridgehead atoms. The maximum absolute atomic E-state index is 11.9. The molecule has 0 aliphatic heterocycles. The van der Waals surface area contributed by atoms with Gasteiger partial charge in [0.25, 0.3) is 5.91 Å². The fourth-order valence-electron chi connectivity index (χ4n) is 1.73. The molecule has 0 saturated heterocycles. The van der Waals surface area contributed by atoms with Crippen molar-refractivity contribution in [2.24, 2.45) is 0 Å². The highest BCUT2D eigenvalue weighted by atomic mass is 19.4. The number of carbonyl (C=O) groups is 1. The first-order chi connectivity index (χ1) is 9.90. The molecular formula is C15H20F3NO2. The summed E-state index contributed by atoms with van der Waals surface area (Å²) in [5.41, 5.74) is 1.18. The van der Waals surface area contributed by atoms with Crippen LogP contribution in [0.4, 0.5) is 13.2 Å². The van der Waals surface area contributed by atoms with E-state index in [1.54, 1.807) is 17.4 Å². The number of hydrogen-bond donors (Lipinski definition) is 1. The molecule has 0 fully saturated rings. The molecular weight excluding hydrogens is 283 g/mol. The maximum Gasteiger partial charge on any atom is 0.405 e. The van der Waals surface area contributed by atoms with Gasteiger partial charge in [0.05, 0.1) is 0 Å². The molecule has 1 rings (SSSR count). The topological polar surface area (TPSA) is 38.3 Å². The van der Waals surface area contributed by atoms with Crippen LogP contribution in [0.2, 0.25) is 0 Å². The Kier molecular flexibility index (Phi) is 7.05. The van der Waals surface area contributed by atoms with Gasteiger partial charge in [0, 0.05) is 0 Å². The Morgan fingerprint density at radius 2 is 1.86 bits per heavy atom. The number of carbonyl (C=O) groups excluding carboxylic acids is 1. The van der Waals surface area contributed by atoms with Crippen LogP contribution in [-0.4, -0.2) is 25.2 Å². The Bertz CT molecular complexity index is 430. The van der Waals surface area contributed by atoms with Gasteiger partial charge in [0.15, 0.2) is 6.61 Å². The SMILES string of the molecule is CCCCCc1ccc(OCC(=O)NCC(F)(F)F)cc1. The van der Waals surface area contributed by atoms with Gasteiger partial charge in [-0.15, -0.1) is 0 Å². The van der Waals surface area contributed by atoms with Gasteiger partial charge in [-0.3, -0.25) is 4.79 Å². The van der Waals surface area contributed by atoms with E-state index in [1.165, 1.54) is 12.0 Å². The molecule has 0 saturated carbocycles. The highest BCUT2D eigenvalue weighted by Crippen LogP contribution is 2.15. The van der Waals surface area contributed by atoms with Crippen molar-refractivity contribution in [2.75, 3.05) is 13.2 Å². The van der Waals surface area contributed by atoms with E-state index in [2.05, 4.69) is 6.92 Å². The van der Waals surface area contributed by atoms with Crippen LogP contribution in [0.3, 0.4) is 0 Å². The van der Waals surface area contributed by atoms with Crippen LogP contribution in [0.15, 0.2) is 24.3 Å². The molecule has 0 atom stereocenters. The second kappa shape index (κ2) is 8.54. The van der Waals surface area contributed by atoms with Crippen LogP contribution in [0.25, 0.3) is 0 Å². The van der Waals surface area contributed by atoms with Gasteiger partial charge in [-0.25, -0.2) is 0 Å². The van der Waals surface area contributed by atoms with E-state index in [-0.39, 0.29) is 0 Å². The molecule has 1 amide bonds. The monoisotopic (exact) mass is 303 g/mol. The summed E-state index contributed by atoms with van der Waals surface area (Å²) in [4.78, 5) is 11.2. The largest absolute Gasteiger partial charge is 0.484 e. The summed E-state index contributed by atoms with van der Waals surface area (Å²) in [6, 6.07) is 7.24. The zero-order valence-electron chi connectivity index (χ0n) is 12.0. The standard InChI is InChI=1S/C15H20F3NO2/c1-2-3-4-5-12-6-8-13(9-7-12)21-10-14(20)19-11-15(16,17)18/h6-9H,2-5,10-11H2,1H3,(H,19,20). The van der Waals surface area contributed by atoms with E-state index >= 15 is 0 Å². The Morgan fingerprint density at radius 3 is 2.43 bits per heavy atom. The summed E-state index contributed by atoms with van der Waals surface area (Å²) in [6.45, 7) is 0.373. The van der Waals surface area contributed by atoms with Gasteiger partial charge in [0.1, 0.15) is 12.3 Å². The summed E-state index contributed by atoms with van der Waals surface area (Å²) in [5.74, 6) is -0.323. The zero-order chi connectivity index (χ0) is 15.7. The van der Waals surface area contributed by atoms with Crippen LogP contribution < -0.4 is 10.1 Å². The molecule has 21 heavy (non-hydrogen) atoms. The quantitative estimate of drug-likeness (QED) is 0.747. The lowest BCUT2D eigenvalue weighted by Gasteiger charge is -2.10. The number of halogens is 3. The fourth-order valence-corrected chi connectivity index (χ4v) is 1.73. The Balaban J connectivity index is 2.30. The van der Waals surface area contributed by atoms with Gasteiger partial charge in [-0.2, -0.15) is 13.2 Å². The number of ether oxygens (including phenoxy) is 1. The van der Waals surface area contributed by atoms with Gasteiger partial charge >= 0.3 is 6.18 Å². The molecule has 0 aromatic heterocycles. The minimum absolute atomic E-state index is 0.425. The molecule has 1 aromatic rings. The average molecular weight is 303 g/mol. The third-order valence-electron chi connectivity index (χ3n) is 2.85. The number of aryl methyl sites for hydroxylation is 1. The normalized spacial score (nSPS) is 11.2. The molecule has 1 aromatic carbocycles. The molecule has 0 aliphatic rings. The molecule has 0 unspecified atom stereocenters. The van der Waals surface area contributed by atoms with E-state index in [0.29, 0.717) is 5.75 Å². The van der Waals surface area contributed by atoms with Crippen LogP contribution >= 0.6 is 0 Å². The van der Waals surface area contributed by atoms with Crippen molar-refractivity contribution >= 4 is 5.91 Å². The van der Waals surface area contributed by atoms with Crippen molar-refractivity contribution in [3.8, 4) is 5.75 Å². The van der Waals surface area contributed by atoms with Crippen LogP contribution in [-0.2, 0) is 11.2 Å². The van der Waals surface area contributed by atoms with Crippen LogP contribution in [0.5, 0.6) is 5.75 Å². The molecule has 3 nitrogen and oxygen atoms in total. The number of alkyl halides is 3. The summed E-state index contributed by atoms with van der Waals surface area (Å²) in [6.07, 6.45) is 0.0401. The van der Waals surface area contributed by atoms with Crippen molar-refractivity contribution in [1.29, 1.82) is 0 Å². The van der Waals surface area contributed by atoms with E-state index < -0.39 is 25.2 Å². The highest BCUT2D eigenvalue weighted by molar-refractivity contribution is 5.77. The minimum Gasteiger partial charge on any atom is -0.484 e. The fraction of sp³-hybridized carbons (Fsp3) is 0.533. The Hall–Kier alpha value is -1.72. The van der Waals surface area contributed by atoms with Crippen LogP contribution in [0, 0.1) is 0 Å². The van der Waals surface area contributed by atoms with Gasteiger partial charge in [0.2, 0.25) is 0 Å². The maximum atomic E-state index is 11.9. The average Bonchev–Trinajstić information content (AvgIpc) is 2.44. The lowest BCUT2D eigenvalue weighted by atomic mass is 10.1. The third-order valence-corrected chi connectivity index (χ3v) is 2.85. The molecule has 6 heteroatoms. The Labute approximate surface area is 122 Å². The van der Waals surface area contributed by atoms with Crippen molar-refractivity contribution in [1.82, 2.24) is 5.32 Å². The Morgan fingerprint density at radius 1 is 1.19 bits per heavy atom. The number of amides is 1. The second-order valence-electron chi connectivity index (χ2n) is 4.78. The number of benzene rings is 1. The summed E-state index contributed by atoms with van der Waals surface area (Å²) < 4.78 is 40.8.